The molecule has 1 unspecified atom stereocenters. The molecule has 0 aliphatic heterocycles. The maximum absolute atomic E-state index is 3.94. The molecule has 2 aliphatic rings. The summed E-state index contributed by atoms with van der Waals surface area (Å²) in [5.41, 5.74) is 4.75. The molecule has 0 N–H and O–H groups in total. The maximum Gasteiger partial charge on any atom is 0.0423 e. The molecule has 1 aromatic rings. The van der Waals surface area contributed by atoms with Crippen molar-refractivity contribution in [2.45, 2.75) is 56.2 Å². The van der Waals surface area contributed by atoms with Crippen LogP contribution in [0.15, 0.2) is 18.2 Å². The molecular formula is C16H21Br. The lowest BCUT2D eigenvalue weighted by atomic mass is 9.88. The lowest BCUT2D eigenvalue weighted by Gasteiger charge is -2.21. The van der Waals surface area contributed by atoms with E-state index in [-0.39, 0.29) is 0 Å². The van der Waals surface area contributed by atoms with E-state index < -0.39 is 0 Å². The Hall–Kier alpha value is -0.300. The van der Waals surface area contributed by atoms with Crippen molar-refractivity contribution < 1.29 is 0 Å². The molecule has 1 aromatic carbocycles. The fraction of sp³-hybridized carbons (Fsp3) is 0.625. The van der Waals surface area contributed by atoms with E-state index in [0.717, 1.165) is 5.92 Å². The summed E-state index contributed by atoms with van der Waals surface area (Å²) in [4.78, 5) is 0.595. The zero-order chi connectivity index (χ0) is 11.7. The largest absolute Gasteiger partial charge is 0.0836 e. The second kappa shape index (κ2) is 5.14. The quantitative estimate of drug-likeness (QED) is 0.658. The highest BCUT2D eigenvalue weighted by molar-refractivity contribution is 9.09. The number of halogens is 1. The molecule has 0 nitrogen and oxygen atoms in total. The van der Waals surface area contributed by atoms with Crippen LogP contribution in [0.1, 0.15) is 60.0 Å². The van der Waals surface area contributed by atoms with Gasteiger partial charge in [-0.3, -0.25) is 0 Å². The van der Waals surface area contributed by atoms with E-state index in [1.165, 1.54) is 56.9 Å². The Morgan fingerprint density at radius 3 is 2.41 bits per heavy atom. The molecule has 0 radical (unpaired) electrons. The fourth-order valence-corrected chi connectivity index (χ4v) is 4.26. The van der Waals surface area contributed by atoms with E-state index in [0.29, 0.717) is 4.83 Å². The molecule has 0 spiro atoms. The van der Waals surface area contributed by atoms with Crippen molar-refractivity contribution in [1.29, 1.82) is 0 Å². The molecule has 0 aromatic heterocycles. The Kier molecular flexibility index (Phi) is 3.56. The van der Waals surface area contributed by atoms with Crippen LogP contribution in [0.5, 0.6) is 0 Å². The van der Waals surface area contributed by atoms with Crippen LogP contribution in [-0.4, -0.2) is 0 Å². The van der Waals surface area contributed by atoms with Crippen molar-refractivity contribution in [1.82, 2.24) is 0 Å². The van der Waals surface area contributed by atoms with E-state index in [1.54, 1.807) is 11.1 Å². The van der Waals surface area contributed by atoms with Gasteiger partial charge in [0.1, 0.15) is 0 Å². The first kappa shape index (κ1) is 11.8. The summed E-state index contributed by atoms with van der Waals surface area (Å²) < 4.78 is 0. The highest BCUT2D eigenvalue weighted by Crippen LogP contribution is 2.41. The van der Waals surface area contributed by atoms with Gasteiger partial charge in [0.25, 0.3) is 0 Å². The van der Waals surface area contributed by atoms with Gasteiger partial charge in [0.15, 0.2) is 0 Å². The van der Waals surface area contributed by atoms with E-state index >= 15 is 0 Å². The molecule has 17 heavy (non-hydrogen) atoms. The predicted octanol–water partition coefficient (Wildman–Crippen LogP) is 5.19. The number of fused-ring (bicyclic) bond motifs is 1. The van der Waals surface area contributed by atoms with E-state index in [4.69, 9.17) is 0 Å². The average molecular weight is 293 g/mol. The van der Waals surface area contributed by atoms with Gasteiger partial charge in [-0.2, -0.15) is 0 Å². The Morgan fingerprint density at radius 1 is 0.941 bits per heavy atom. The second-order valence-corrected chi connectivity index (χ2v) is 6.67. The van der Waals surface area contributed by atoms with Crippen LogP contribution in [0, 0.1) is 5.92 Å². The van der Waals surface area contributed by atoms with Crippen molar-refractivity contribution in [2.75, 3.05) is 0 Å². The SMILES string of the molecule is BrC(c1ccc2c(c1)CCCC2)C1CCCC1. The van der Waals surface area contributed by atoms with Crippen LogP contribution in [0.2, 0.25) is 0 Å². The second-order valence-electron chi connectivity index (χ2n) is 5.68. The Morgan fingerprint density at radius 2 is 1.65 bits per heavy atom. The molecule has 1 fully saturated rings. The Balaban J connectivity index is 1.82. The molecule has 0 saturated heterocycles. The summed E-state index contributed by atoms with van der Waals surface area (Å²) in [6.45, 7) is 0. The van der Waals surface area contributed by atoms with Gasteiger partial charge in [-0.1, -0.05) is 47.0 Å². The van der Waals surface area contributed by atoms with E-state index in [2.05, 4.69) is 34.1 Å². The number of benzene rings is 1. The van der Waals surface area contributed by atoms with E-state index in [9.17, 15) is 0 Å². The van der Waals surface area contributed by atoms with Gasteiger partial charge < -0.3 is 0 Å². The monoisotopic (exact) mass is 292 g/mol. The van der Waals surface area contributed by atoms with Crippen LogP contribution >= 0.6 is 15.9 Å². The predicted molar refractivity (Wildman–Crippen MR) is 76.7 cm³/mol. The van der Waals surface area contributed by atoms with Crippen LogP contribution in [-0.2, 0) is 12.8 Å². The number of alkyl halides is 1. The number of rotatable bonds is 2. The molecule has 0 heterocycles. The third-order valence-electron chi connectivity index (χ3n) is 4.50. The number of aryl methyl sites for hydroxylation is 2. The van der Waals surface area contributed by atoms with Crippen LogP contribution in [0.25, 0.3) is 0 Å². The summed E-state index contributed by atoms with van der Waals surface area (Å²) in [7, 11) is 0. The smallest absolute Gasteiger partial charge is 0.0423 e. The van der Waals surface area contributed by atoms with Gasteiger partial charge in [-0.05, 0) is 61.1 Å². The fourth-order valence-electron chi connectivity index (χ4n) is 3.45. The van der Waals surface area contributed by atoms with Gasteiger partial charge in [0.05, 0.1) is 0 Å². The van der Waals surface area contributed by atoms with Gasteiger partial charge in [0, 0.05) is 4.83 Å². The molecule has 1 saturated carbocycles. The van der Waals surface area contributed by atoms with Gasteiger partial charge >= 0.3 is 0 Å². The van der Waals surface area contributed by atoms with Gasteiger partial charge in [-0.25, -0.2) is 0 Å². The maximum atomic E-state index is 3.94. The average Bonchev–Trinajstić information content (AvgIpc) is 2.91. The number of hydrogen-bond donors (Lipinski definition) is 0. The minimum Gasteiger partial charge on any atom is -0.0836 e. The molecule has 0 bridgehead atoms. The molecule has 1 atom stereocenters. The summed E-state index contributed by atoms with van der Waals surface area (Å²) in [6, 6.07) is 7.22. The highest BCUT2D eigenvalue weighted by Gasteiger charge is 2.24. The van der Waals surface area contributed by atoms with Crippen molar-refractivity contribution in [3.63, 3.8) is 0 Å². The molecule has 0 amide bonds. The molecular weight excluding hydrogens is 272 g/mol. The molecule has 2 aliphatic carbocycles. The third kappa shape index (κ3) is 2.45. The molecule has 3 rings (SSSR count). The normalized spacial score (nSPS) is 22.4. The topological polar surface area (TPSA) is 0 Å². The Bertz CT molecular complexity index is 391. The lowest BCUT2D eigenvalue weighted by Crippen LogP contribution is -2.07. The van der Waals surface area contributed by atoms with Gasteiger partial charge in [-0.15, -0.1) is 0 Å². The van der Waals surface area contributed by atoms with Crippen molar-refractivity contribution >= 4 is 15.9 Å². The van der Waals surface area contributed by atoms with Crippen LogP contribution in [0.3, 0.4) is 0 Å². The van der Waals surface area contributed by atoms with Crippen molar-refractivity contribution in [3.8, 4) is 0 Å². The minimum absolute atomic E-state index is 0.595. The summed E-state index contributed by atoms with van der Waals surface area (Å²) in [5, 5.41) is 0. The molecule has 1 heteroatoms. The summed E-state index contributed by atoms with van der Waals surface area (Å²) in [5.74, 6) is 0.872. The standard InChI is InChI=1S/C16H21Br/c17-16(13-6-2-3-7-13)15-10-9-12-5-1-4-8-14(12)11-15/h9-11,13,16H,1-8H2. The zero-order valence-electron chi connectivity index (χ0n) is 10.4. The minimum atomic E-state index is 0.595. The van der Waals surface area contributed by atoms with Crippen molar-refractivity contribution in [3.05, 3.63) is 34.9 Å². The van der Waals surface area contributed by atoms with Gasteiger partial charge in [0.2, 0.25) is 0 Å². The Labute approximate surface area is 113 Å². The first-order chi connectivity index (χ1) is 8.34. The zero-order valence-corrected chi connectivity index (χ0v) is 12.0. The lowest BCUT2D eigenvalue weighted by molar-refractivity contribution is 0.541. The highest BCUT2D eigenvalue weighted by atomic mass is 79.9. The van der Waals surface area contributed by atoms with E-state index in [1.807, 2.05) is 0 Å². The first-order valence-electron chi connectivity index (χ1n) is 7.10. The molecule has 92 valence electrons. The third-order valence-corrected chi connectivity index (χ3v) is 5.78. The number of hydrogen-bond acceptors (Lipinski definition) is 0. The summed E-state index contributed by atoms with van der Waals surface area (Å²) in [6.07, 6.45) is 11.0. The van der Waals surface area contributed by atoms with Crippen molar-refractivity contribution in [2.24, 2.45) is 5.92 Å². The van der Waals surface area contributed by atoms with Crippen LogP contribution < -0.4 is 0 Å². The summed E-state index contributed by atoms with van der Waals surface area (Å²) >= 11 is 3.94. The van der Waals surface area contributed by atoms with Crippen LogP contribution in [0.4, 0.5) is 0 Å². The first-order valence-corrected chi connectivity index (χ1v) is 8.02.